The van der Waals surface area contributed by atoms with Gasteiger partial charge in [-0.3, -0.25) is 9.36 Å². The van der Waals surface area contributed by atoms with Crippen molar-refractivity contribution in [3.05, 3.63) is 100 Å². The Morgan fingerprint density at radius 3 is 2.41 bits per heavy atom. The molecule has 0 spiro atoms. The molecule has 1 aromatic heterocycles. The summed E-state index contributed by atoms with van der Waals surface area (Å²) in [5.41, 5.74) is 2.34. The van der Waals surface area contributed by atoms with Gasteiger partial charge in [-0.2, -0.15) is 0 Å². The summed E-state index contributed by atoms with van der Waals surface area (Å²) in [4.78, 5) is 29.5. The lowest BCUT2D eigenvalue weighted by Gasteiger charge is -2.23. The first-order valence-corrected chi connectivity index (χ1v) is 11.3. The molecular formula is C27H24FN3O3. The van der Waals surface area contributed by atoms with Gasteiger partial charge in [0.2, 0.25) is 0 Å². The van der Waals surface area contributed by atoms with Crippen LogP contribution in [0, 0.1) is 5.82 Å². The predicted molar refractivity (Wildman–Crippen MR) is 128 cm³/mol. The molecule has 6 nitrogen and oxygen atoms in total. The second-order valence-electron chi connectivity index (χ2n) is 8.61. The van der Waals surface area contributed by atoms with Gasteiger partial charge in [0.25, 0.3) is 5.56 Å². The Balaban J connectivity index is 1.57. The molecule has 1 unspecified atom stereocenters. The highest BCUT2D eigenvalue weighted by molar-refractivity contribution is 5.85. The summed E-state index contributed by atoms with van der Waals surface area (Å²) in [6.07, 6.45) is 3.27. The summed E-state index contributed by atoms with van der Waals surface area (Å²) in [5, 5.41) is 13.2. The molecule has 1 fully saturated rings. The van der Waals surface area contributed by atoms with E-state index < -0.39 is 23.4 Å². The van der Waals surface area contributed by atoms with Crippen molar-refractivity contribution >= 4 is 16.9 Å². The molecule has 0 bridgehead atoms. The Morgan fingerprint density at radius 2 is 1.74 bits per heavy atom. The molecule has 1 saturated heterocycles. The highest BCUT2D eigenvalue weighted by atomic mass is 19.1. The summed E-state index contributed by atoms with van der Waals surface area (Å²) in [6.45, 7) is 2.00. The number of piperidine rings is 1. The maximum absolute atomic E-state index is 15.0. The molecule has 7 heteroatoms. The van der Waals surface area contributed by atoms with Crippen LogP contribution in [0.2, 0.25) is 0 Å². The fourth-order valence-corrected chi connectivity index (χ4v) is 4.72. The van der Waals surface area contributed by atoms with Crippen LogP contribution in [-0.2, 0) is 4.79 Å². The maximum Gasteiger partial charge on any atom is 0.331 e. The normalized spacial score (nSPS) is 15.3. The van der Waals surface area contributed by atoms with Gasteiger partial charge in [-0.05, 0) is 66.2 Å². The van der Waals surface area contributed by atoms with Gasteiger partial charge in [0.1, 0.15) is 11.3 Å². The van der Waals surface area contributed by atoms with Crippen LogP contribution in [0.15, 0.2) is 77.9 Å². The van der Waals surface area contributed by atoms with E-state index in [4.69, 9.17) is 0 Å². The van der Waals surface area contributed by atoms with E-state index in [-0.39, 0.29) is 10.9 Å². The maximum atomic E-state index is 15.0. The van der Waals surface area contributed by atoms with E-state index in [9.17, 15) is 19.1 Å². The first kappa shape index (κ1) is 22.0. The van der Waals surface area contributed by atoms with Crippen LogP contribution < -0.4 is 10.9 Å². The van der Waals surface area contributed by atoms with E-state index >= 15 is 0 Å². The van der Waals surface area contributed by atoms with Crippen molar-refractivity contribution in [2.24, 2.45) is 0 Å². The molecule has 1 aliphatic rings. The number of rotatable bonds is 5. The number of fused-ring (bicyclic) bond motifs is 1. The Labute approximate surface area is 195 Å². The second-order valence-corrected chi connectivity index (χ2v) is 8.61. The number of halogens is 1. The SMILES string of the molecule is O=C(O)C(c1ccccc1)n1cnc2c(F)cc(-c3ccc(C4CCNCC4)cc3)cc2c1=O. The van der Waals surface area contributed by atoms with Crippen LogP contribution in [0.25, 0.3) is 22.0 Å². The van der Waals surface area contributed by atoms with Crippen molar-refractivity contribution in [3.8, 4) is 11.1 Å². The Bertz CT molecular complexity index is 1390. The van der Waals surface area contributed by atoms with Crippen LogP contribution in [0.3, 0.4) is 0 Å². The predicted octanol–water partition coefficient (Wildman–Crippen LogP) is 4.34. The first-order chi connectivity index (χ1) is 16.5. The summed E-state index contributed by atoms with van der Waals surface area (Å²) in [7, 11) is 0. The number of nitrogens with one attached hydrogen (secondary N) is 1. The van der Waals surface area contributed by atoms with Crippen molar-refractivity contribution in [1.82, 2.24) is 14.9 Å². The number of hydrogen-bond donors (Lipinski definition) is 2. The lowest BCUT2D eigenvalue weighted by molar-refractivity contribution is -0.139. The van der Waals surface area contributed by atoms with E-state index in [2.05, 4.69) is 22.4 Å². The van der Waals surface area contributed by atoms with Crippen molar-refractivity contribution in [1.29, 1.82) is 0 Å². The summed E-state index contributed by atoms with van der Waals surface area (Å²) in [6, 6.07) is 18.1. The number of nitrogens with zero attached hydrogens (tertiary/aromatic N) is 2. The number of aromatic nitrogens is 2. The van der Waals surface area contributed by atoms with E-state index in [1.165, 1.54) is 11.6 Å². The standard InChI is InChI=1S/C27H24FN3O3/c28-23-15-21(18-8-6-17(7-9-18)19-10-12-29-13-11-19)14-22-24(23)30-16-31(26(22)32)25(27(33)34)20-4-2-1-3-5-20/h1-9,14-16,19,25,29H,10-13H2,(H,33,34). The first-order valence-electron chi connectivity index (χ1n) is 11.3. The number of benzene rings is 3. The molecular weight excluding hydrogens is 433 g/mol. The van der Waals surface area contributed by atoms with E-state index in [1.807, 2.05) is 12.1 Å². The zero-order valence-electron chi connectivity index (χ0n) is 18.4. The van der Waals surface area contributed by atoms with Gasteiger partial charge in [0.05, 0.1) is 11.7 Å². The third-order valence-corrected chi connectivity index (χ3v) is 6.52. The summed E-state index contributed by atoms with van der Waals surface area (Å²) in [5.74, 6) is -1.31. The number of aliphatic carboxylic acids is 1. The minimum atomic E-state index is -1.26. The molecule has 0 amide bonds. The quantitative estimate of drug-likeness (QED) is 0.466. The highest BCUT2D eigenvalue weighted by Gasteiger charge is 2.24. The Hall–Kier alpha value is -3.84. The summed E-state index contributed by atoms with van der Waals surface area (Å²) >= 11 is 0. The molecule has 2 N–H and O–H groups in total. The van der Waals surface area contributed by atoms with Crippen LogP contribution in [-0.4, -0.2) is 33.7 Å². The lowest BCUT2D eigenvalue weighted by Crippen LogP contribution is -2.31. The van der Waals surface area contributed by atoms with Gasteiger partial charge in [0.15, 0.2) is 6.04 Å². The number of carbonyl (C=O) groups is 1. The van der Waals surface area contributed by atoms with Crippen molar-refractivity contribution in [2.75, 3.05) is 13.1 Å². The van der Waals surface area contributed by atoms with Gasteiger partial charge in [-0.1, -0.05) is 54.6 Å². The lowest BCUT2D eigenvalue weighted by atomic mass is 9.89. The molecule has 34 heavy (non-hydrogen) atoms. The fourth-order valence-electron chi connectivity index (χ4n) is 4.72. The number of hydrogen-bond acceptors (Lipinski definition) is 4. The van der Waals surface area contributed by atoms with E-state index in [1.54, 1.807) is 36.4 Å². The zero-order chi connectivity index (χ0) is 23.7. The largest absolute Gasteiger partial charge is 0.479 e. The molecule has 2 heterocycles. The van der Waals surface area contributed by atoms with E-state index in [0.29, 0.717) is 17.0 Å². The topological polar surface area (TPSA) is 84.2 Å². The third-order valence-electron chi connectivity index (χ3n) is 6.52. The van der Waals surface area contributed by atoms with Gasteiger partial charge >= 0.3 is 5.97 Å². The molecule has 0 saturated carbocycles. The highest BCUT2D eigenvalue weighted by Crippen LogP contribution is 2.30. The molecule has 1 aliphatic heterocycles. The number of carboxylic acid groups (broad SMARTS) is 1. The van der Waals surface area contributed by atoms with Crippen molar-refractivity contribution in [2.45, 2.75) is 24.8 Å². The van der Waals surface area contributed by atoms with Crippen LogP contribution in [0.4, 0.5) is 4.39 Å². The molecule has 0 aliphatic carbocycles. The molecule has 3 aromatic carbocycles. The van der Waals surface area contributed by atoms with Crippen molar-refractivity contribution < 1.29 is 14.3 Å². The monoisotopic (exact) mass is 457 g/mol. The van der Waals surface area contributed by atoms with E-state index in [0.717, 1.165) is 42.4 Å². The van der Waals surface area contributed by atoms with Crippen molar-refractivity contribution in [3.63, 3.8) is 0 Å². The third kappa shape index (κ3) is 4.10. The molecule has 4 aromatic rings. The zero-order valence-corrected chi connectivity index (χ0v) is 18.4. The molecule has 0 radical (unpaired) electrons. The smallest absolute Gasteiger partial charge is 0.331 e. The molecule has 172 valence electrons. The molecule has 1 atom stereocenters. The van der Waals surface area contributed by atoms with Crippen LogP contribution in [0.5, 0.6) is 0 Å². The second kappa shape index (κ2) is 9.19. The minimum absolute atomic E-state index is 0.0436. The number of carboxylic acids is 1. The van der Waals surface area contributed by atoms with Gasteiger partial charge < -0.3 is 10.4 Å². The van der Waals surface area contributed by atoms with Gasteiger partial charge in [0, 0.05) is 0 Å². The fraction of sp³-hybridized carbons (Fsp3) is 0.222. The van der Waals surface area contributed by atoms with Crippen LogP contribution in [0.1, 0.15) is 35.9 Å². The van der Waals surface area contributed by atoms with Gasteiger partial charge in [-0.25, -0.2) is 14.2 Å². The Kier molecular flexibility index (Phi) is 5.94. The average molecular weight is 458 g/mol. The minimum Gasteiger partial charge on any atom is -0.479 e. The summed E-state index contributed by atoms with van der Waals surface area (Å²) < 4.78 is 16.0. The Morgan fingerprint density at radius 1 is 1.03 bits per heavy atom. The van der Waals surface area contributed by atoms with Gasteiger partial charge in [-0.15, -0.1) is 0 Å². The average Bonchev–Trinajstić information content (AvgIpc) is 2.87. The molecule has 5 rings (SSSR count). The van der Waals surface area contributed by atoms with Crippen LogP contribution >= 0.6 is 0 Å².